The molecule has 1 heterocycles. The molecule has 36 heavy (non-hydrogen) atoms. The average Bonchev–Trinajstić information content (AvgIpc) is 2.85. The minimum atomic E-state index is -3.48. The van der Waals surface area contributed by atoms with Crippen molar-refractivity contribution in [1.82, 2.24) is 5.16 Å². The van der Waals surface area contributed by atoms with Crippen molar-refractivity contribution < 1.29 is 22.8 Å². The lowest BCUT2D eigenvalue weighted by molar-refractivity contribution is -0.129. The monoisotopic (exact) mass is 502 g/mol. The number of benzene rings is 3. The summed E-state index contributed by atoms with van der Waals surface area (Å²) in [6, 6.07) is 17.1. The molecule has 0 saturated carbocycles. The summed E-state index contributed by atoms with van der Waals surface area (Å²) >= 11 is 0. The first-order chi connectivity index (χ1) is 17.0. The Bertz CT molecular complexity index is 1700. The number of aliphatic hydroxyl groups is 1. The Morgan fingerprint density at radius 1 is 1.00 bits per heavy atom. The molecule has 0 aliphatic rings. The maximum Gasteiger partial charge on any atom is 0.366 e. The summed E-state index contributed by atoms with van der Waals surface area (Å²) in [5, 5.41) is 18.6. The third-order valence-electron chi connectivity index (χ3n) is 5.62. The van der Waals surface area contributed by atoms with E-state index in [9.17, 15) is 23.1 Å². The summed E-state index contributed by atoms with van der Waals surface area (Å²) < 4.78 is 28.4. The molecular formula is C27H22N2O6S. The molecule has 2 N–H and O–H groups in total. The normalized spacial score (nSPS) is 12.9. The molecule has 4 rings (SSSR count). The van der Waals surface area contributed by atoms with Gasteiger partial charge in [-0.2, -0.15) is 0 Å². The fourth-order valence-electron chi connectivity index (χ4n) is 3.53. The van der Waals surface area contributed by atoms with Crippen LogP contribution in [0.2, 0.25) is 0 Å². The van der Waals surface area contributed by atoms with Crippen LogP contribution in [-0.2, 0) is 20.2 Å². The quantitative estimate of drug-likeness (QED) is 0.411. The molecule has 3 aromatic carbocycles. The summed E-state index contributed by atoms with van der Waals surface area (Å²) in [4.78, 5) is 25.4. The number of rotatable bonds is 4. The molecule has 9 heteroatoms. The maximum atomic E-state index is 13.4. The van der Waals surface area contributed by atoms with Crippen LogP contribution < -0.4 is 10.9 Å². The first-order valence-corrected chi connectivity index (χ1v) is 12.7. The van der Waals surface area contributed by atoms with E-state index in [1.54, 1.807) is 25.1 Å². The third kappa shape index (κ3) is 5.05. The van der Waals surface area contributed by atoms with Crippen LogP contribution in [0.5, 0.6) is 0 Å². The Morgan fingerprint density at radius 3 is 2.31 bits per heavy atom. The largest absolute Gasteiger partial charge is 0.366 e. The van der Waals surface area contributed by atoms with Gasteiger partial charge in [0.1, 0.15) is 0 Å². The number of carbonyl (C=O) groups excluding carboxylic acids is 1. The van der Waals surface area contributed by atoms with E-state index >= 15 is 0 Å². The van der Waals surface area contributed by atoms with Crippen LogP contribution in [0.4, 0.5) is 5.69 Å². The molecule has 0 aliphatic carbocycles. The first kappa shape index (κ1) is 24.9. The van der Waals surface area contributed by atoms with Gasteiger partial charge in [-0.3, -0.25) is 4.79 Å². The molecular weight excluding hydrogens is 480 g/mol. The van der Waals surface area contributed by atoms with E-state index in [0.717, 1.165) is 11.8 Å². The van der Waals surface area contributed by atoms with Crippen LogP contribution in [0.25, 0.3) is 10.8 Å². The van der Waals surface area contributed by atoms with E-state index in [1.165, 1.54) is 36.4 Å². The lowest BCUT2D eigenvalue weighted by atomic mass is 9.92. The highest BCUT2D eigenvalue weighted by Crippen LogP contribution is 2.26. The van der Waals surface area contributed by atoms with Gasteiger partial charge < -0.3 is 14.9 Å². The van der Waals surface area contributed by atoms with Gasteiger partial charge in [-0.15, -0.1) is 0 Å². The number of aryl methyl sites for hydroxylation is 2. The number of hydrogen-bond acceptors (Lipinski definition) is 7. The predicted molar refractivity (Wildman–Crippen MR) is 135 cm³/mol. The van der Waals surface area contributed by atoms with Gasteiger partial charge in [-0.25, -0.2) is 13.2 Å². The van der Waals surface area contributed by atoms with Gasteiger partial charge in [0.05, 0.1) is 16.0 Å². The predicted octanol–water partition coefficient (Wildman–Crippen LogP) is 3.09. The zero-order valence-electron chi connectivity index (χ0n) is 19.7. The number of fused-ring (bicyclic) bond motifs is 1. The van der Waals surface area contributed by atoms with Crippen molar-refractivity contribution in [3.05, 3.63) is 99.5 Å². The number of anilines is 1. The van der Waals surface area contributed by atoms with Crippen molar-refractivity contribution in [3.8, 4) is 11.8 Å². The van der Waals surface area contributed by atoms with E-state index in [4.69, 9.17) is 4.52 Å². The number of aromatic nitrogens is 1. The lowest BCUT2D eigenvalue weighted by Gasteiger charge is -2.22. The second kappa shape index (κ2) is 9.41. The standard InChI is InChI=1S/C27H22N2O6S/c1-17-4-6-19(7-5-17)14-15-27(32,20-8-11-22(12-9-20)36(3,33)34)26(31)28-21-10-13-23-24(16-21)18(2)29-35-25(23)30/h4-13,16,32H,1-3H3,(H,28,31). The van der Waals surface area contributed by atoms with E-state index < -0.39 is 27.0 Å². The zero-order valence-corrected chi connectivity index (χ0v) is 20.5. The maximum absolute atomic E-state index is 13.4. The van der Waals surface area contributed by atoms with Crippen LogP contribution in [0, 0.1) is 25.7 Å². The van der Waals surface area contributed by atoms with E-state index in [2.05, 4.69) is 22.3 Å². The molecule has 182 valence electrons. The summed E-state index contributed by atoms with van der Waals surface area (Å²) in [5.41, 5.74) is -0.485. The van der Waals surface area contributed by atoms with Crippen LogP contribution in [0.15, 0.2) is 80.9 Å². The minimum absolute atomic E-state index is 0.0387. The summed E-state index contributed by atoms with van der Waals surface area (Å²) in [7, 11) is -3.48. The van der Waals surface area contributed by atoms with Gasteiger partial charge in [0.15, 0.2) is 9.84 Å². The van der Waals surface area contributed by atoms with Crippen LogP contribution >= 0.6 is 0 Å². The Morgan fingerprint density at radius 2 is 1.67 bits per heavy atom. The summed E-state index contributed by atoms with van der Waals surface area (Å²) in [6.45, 7) is 3.58. The van der Waals surface area contributed by atoms with Gasteiger partial charge in [-0.1, -0.05) is 40.9 Å². The van der Waals surface area contributed by atoms with Gasteiger partial charge >= 0.3 is 5.63 Å². The topological polar surface area (TPSA) is 127 Å². The van der Waals surface area contributed by atoms with Crippen molar-refractivity contribution in [2.24, 2.45) is 0 Å². The van der Waals surface area contributed by atoms with Crippen molar-refractivity contribution in [2.75, 3.05) is 11.6 Å². The zero-order chi connectivity index (χ0) is 26.1. The van der Waals surface area contributed by atoms with Crippen LogP contribution in [-0.4, -0.2) is 30.8 Å². The third-order valence-corrected chi connectivity index (χ3v) is 6.75. The first-order valence-electron chi connectivity index (χ1n) is 10.8. The highest BCUT2D eigenvalue weighted by Gasteiger charge is 2.37. The minimum Gasteiger partial charge on any atom is -0.366 e. The Labute approximate surface area is 207 Å². The number of hydrogen-bond donors (Lipinski definition) is 2. The fourth-order valence-corrected chi connectivity index (χ4v) is 4.16. The second-order valence-electron chi connectivity index (χ2n) is 8.39. The van der Waals surface area contributed by atoms with Crippen molar-refractivity contribution in [1.29, 1.82) is 0 Å². The summed E-state index contributed by atoms with van der Waals surface area (Å²) in [6.07, 6.45) is 1.06. The lowest BCUT2D eigenvalue weighted by Crippen LogP contribution is -2.39. The number of nitrogens with zero attached hydrogens (tertiary/aromatic N) is 1. The van der Waals surface area contributed by atoms with Crippen molar-refractivity contribution in [3.63, 3.8) is 0 Å². The molecule has 8 nitrogen and oxygen atoms in total. The molecule has 0 fully saturated rings. The van der Waals surface area contributed by atoms with Gasteiger partial charge in [0.25, 0.3) is 5.91 Å². The number of nitrogens with one attached hydrogen (secondary N) is 1. The average molecular weight is 503 g/mol. The molecule has 4 aromatic rings. The van der Waals surface area contributed by atoms with Crippen LogP contribution in [0.1, 0.15) is 22.4 Å². The Kier molecular flexibility index (Phi) is 6.50. The van der Waals surface area contributed by atoms with Gasteiger partial charge in [0, 0.05) is 28.5 Å². The molecule has 0 aliphatic heterocycles. The number of sulfone groups is 1. The fraction of sp³-hybridized carbons (Fsp3) is 0.148. The molecule has 1 unspecified atom stereocenters. The molecule has 0 radical (unpaired) electrons. The Balaban J connectivity index is 1.77. The smallest absolute Gasteiger partial charge is 0.366 e. The Hall–Kier alpha value is -4.26. The van der Waals surface area contributed by atoms with Crippen LogP contribution in [0.3, 0.4) is 0 Å². The molecule has 1 aromatic heterocycles. The number of amides is 1. The highest BCUT2D eigenvalue weighted by molar-refractivity contribution is 7.90. The van der Waals surface area contributed by atoms with Gasteiger partial charge in [-0.05, 0) is 62.2 Å². The van der Waals surface area contributed by atoms with E-state index in [0.29, 0.717) is 27.7 Å². The molecule has 0 saturated heterocycles. The SMILES string of the molecule is Cc1ccc(C#CC(O)(C(=O)Nc2ccc3c(=O)onc(C)c3c2)c2ccc(S(C)(=O)=O)cc2)cc1. The molecule has 1 amide bonds. The summed E-state index contributed by atoms with van der Waals surface area (Å²) in [5.74, 6) is 4.62. The highest BCUT2D eigenvalue weighted by atomic mass is 32.2. The van der Waals surface area contributed by atoms with Gasteiger partial charge in [0.2, 0.25) is 5.60 Å². The van der Waals surface area contributed by atoms with Crippen molar-refractivity contribution in [2.45, 2.75) is 24.3 Å². The van der Waals surface area contributed by atoms with E-state index in [-0.39, 0.29) is 10.5 Å². The molecule has 0 bridgehead atoms. The van der Waals surface area contributed by atoms with E-state index in [1.807, 2.05) is 19.1 Å². The second-order valence-corrected chi connectivity index (χ2v) is 10.4. The number of carbonyl (C=O) groups is 1. The molecule has 0 spiro atoms. The van der Waals surface area contributed by atoms with Crippen molar-refractivity contribution >= 4 is 32.2 Å². The molecule has 1 atom stereocenters.